The molecule has 0 aliphatic heterocycles. The van der Waals surface area contributed by atoms with Gasteiger partial charge in [-0.2, -0.15) is 0 Å². The van der Waals surface area contributed by atoms with Crippen molar-refractivity contribution in [2.75, 3.05) is 14.2 Å². The first-order chi connectivity index (χ1) is 10.8. The highest BCUT2D eigenvalue weighted by Gasteiger charge is 2.13. The molecule has 1 aliphatic rings. The van der Waals surface area contributed by atoms with E-state index in [4.69, 9.17) is 9.47 Å². The van der Waals surface area contributed by atoms with Crippen molar-refractivity contribution in [1.29, 1.82) is 0 Å². The molecule has 0 saturated heterocycles. The largest absolute Gasteiger partial charge is 0.493 e. The lowest BCUT2D eigenvalue weighted by molar-refractivity contribution is 0.339. The molecule has 1 saturated carbocycles. The summed E-state index contributed by atoms with van der Waals surface area (Å²) in [5.41, 5.74) is 2.28. The van der Waals surface area contributed by atoms with Crippen LogP contribution in [0, 0.1) is 5.92 Å². The lowest BCUT2D eigenvalue weighted by Crippen LogP contribution is -2.07. The van der Waals surface area contributed by atoms with Crippen LogP contribution in [-0.2, 0) is 6.42 Å². The van der Waals surface area contributed by atoms with Crippen LogP contribution >= 0.6 is 0 Å². The van der Waals surface area contributed by atoms with Gasteiger partial charge in [-0.1, -0.05) is 32.1 Å². The van der Waals surface area contributed by atoms with Gasteiger partial charge in [0, 0.05) is 17.6 Å². The second-order valence-corrected chi connectivity index (χ2v) is 6.29. The lowest BCUT2D eigenvalue weighted by Gasteiger charge is -2.21. The Labute approximate surface area is 132 Å². The van der Waals surface area contributed by atoms with E-state index in [0.717, 1.165) is 34.7 Å². The third-order valence-electron chi connectivity index (χ3n) is 4.81. The number of benzene rings is 1. The molecule has 2 aromatic rings. The van der Waals surface area contributed by atoms with Crippen molar-refractivity contribution in [2.45, 2.75) is 44.9 Å². The van der Waals surface area contributed by atoms with Crippen molar-refractivity contribution in [2.24, 2.45) is 5.92 Å². The van der Waals surface area contributed by atoms with Crippen LogP contribution in [0.1, 0.15) is 44.1 Å². The first kappa shape index (κ1) is 15.1. The molecule has 0 radical (unpaired) electrons. The molecule has 1 aromatic heterocycles. The predicted octanol–water partition coefficient (Wildman–Crippen LogP) is 4.76. The molecule has 0 amide bonds. The fourth-order valence-electron chi connectivity index (χ4n) is 3.48. The molecule has 3 heteroatoms. The molecule has 1 heterocycles. The molecule has 1 aliphatic carbocycles. The molecule has 3 rings (SSSR count). The highest BCUT2D eigenvalue weighted by Crippen LogP contribution is 2.32. The maximum absolute atomic E-state index is 5.39. The molecule has 0 atom stereocenters. The number of nitrogens with zero attached hydrogens (tertiary/aromatic N) is 1. The van der Waals surface area contributed by atoms with Gasteiger partial charge in [0.1, 0.15) is 0 Å². The van der Waals surface area contributed by atoms with Crippen LogP contribution in [0.15, 0.2) is 24.4 Å². The first-order valence-electron chi connectivity index (χ1n) is 8.31. The summed E-state index contributed by atoms with van der Waals surface area (Å²) in [6, 6.07) is 6.21. The number of hydrogen-bond acceptors (Lipinski definition) is 3. The minimum atomic E-state index is 0.734. The van der Waals surface area contributed by atoms with Crippen molar-refractivity contribution in [3.8, 4) is 11.5 Å². The van der Waals surface area contributed by atoms with Crippen LogP contribution in [0.3, 0.4) is 0 Å². The Morgan fingerprint density at radius 2 is 1.73 bits per heavy atom. The van der Waals surface area contributed by atoms with Crippen molar-refractivity contribution in [3.05, 3.63) is 30.0 Å². The van der Waals surface area contributed by atoms with Crippen LogP contribution in [0.25, 0.3) is 10.9 Å². The Balaban J connectivity index is 1.76. The summed E-state index contributed by atoms with van der Waals surface area (Å²) in [5, 5.41) is 1.12. The van der Waals surface area contributed by atoms with Crippen LogP contribution in [0.2, 0.25) is 0 Å². The van der Waals surface area contributed by atoms with E-state index in [1.165, 1.54) is 44.1 Å². The van der Waals surface area contributed by atoms with Gasteiger partial charge in [0.25, 0.3) is 0 Å². The normalized spacial score (nSPS) is 15.9. The van der Waals surface area contributed by atoms with E-state index in [2.05, 4.69) is 11.1 Å². The number of methoxy groups -OCH3 is 2. The summed E-state index contributed by atoms with van der Waals surface area (Å²) in [7, 11) is 3.33. The van der Waals surface area contributed by atoms with E-state index in [1.54, 1.807) is 14.2 Å². The van der Waals surface area contributed by atoms with Gasteiger partial charge >= 0.3 is 0 Å². The summed E-state index contributed by atoms with van der Waals surface area (Å²) >= 11 is 0. The van der Waals surface area contributed by atoms with Gasteiger partial charge in [0.2, 0.25) is 0 Å². The monoisotopic (exact) mass is 299 g/mol. The molecule has 0 unspecified atom stereocenters. The second kappa shape index (κ2) is 6.99. The zero-order valence-electron chi connectivity index (χ0n) is 13.6. The van der Waals surface area contributed by atoms with Gasteiger partial charge < -0.3 is 9.47 Å². The number of fused-ring (bicyclic) bond motifs is 1. The molecule has 1 fully saturated rings. The van der Waals surface area contributed by atoms with E-state index >= 15 is 0 Å². The third-order valence-corrected chi connectivity index (χ3v) is 4.81. The average Bonchev–Trinajstić information content (AvgIpc) is 2.59. The molecule has 3 nitrogen and oxygen atoms in total. The summed E-state index contributed by atoms with van der Waals surface area (Å²) in [6.45, 7) is 0. The first-order valence-corrected chi connectivity index (χ1v) is 8.31. The minimum Gasteiger partial charge on any atom is -0.493 e. The maximum Gasteiger partial charge on any atom is 0.162 e. The highest BCUT2D eigenvalue weighted by molar-refractivity contribution is 5.83. The molecule has 1 aromatic carbocycles. The number of pyridine rings is 1. The Bertz CT molecular complexity index is 633. The molecule has 22 heavy (non-hydrogen) atoms. The Morgan fingerprint density at radius 3 is 2.45 bits per heavy atom. The lowest BCUT2D eigenvalue weighted by atomic mass is 9.85. The van der Waals surface area contributed by atoms with Gasteiger partial charge in [-0.3, -0.25) is 4.98 Å². The fraction of sp³-hybridized carbons (Fsp3) is 0.526. The maximum atomic E-state index is 5.39. The summed E-state index contributed by atoms with van der Waals surface area (Å²) < 4.78 is 10.7. The molecule has 0 bridgehead atoms. The standard InChI is InChI=1S/C19H25NO2/c1-21-18-11-16-10-15(9-8-14-6-4-3-5-7-14)13-20-17(16)12-19(18)22-2/h10-14H,3-9H2,1-2H3. The van der Waals surface area contributed by atoms with Gasteiger partial charge in [-0.25, -0.2) is 0 Å². The Morgan fingerprint density at radius 1 is 1.00 bits per heavy atom. The fourth-order valence-corrected chi connectivity index (χ4v) is 3.48. The zero-order chi connectivity index (χ0) is 15.4. The van der Waals surface area contributed by atoms with E-state index < -0.39 is 0 Å². The summed E-state index contributed by atoms with van der Waals surface area (Å²) in [5.74, 6) is 2.41. The van der Waals surface area contributed by atoms with Crippen molar-refractivity contribution in [3.63, 3.8) is 0 Å². The minimum absolute atomic E-state index is 0.734. The van der Waals surface area contributed by atoms with E-state index in [-0.39, 0.29) is 0 Å². The predicted molar refractivity (Wildman–Crippen MR) is 89.7 cm³/mol. The number of rotatable bonds is 5. The summed E-state index contributed by atoms with van der Waals surface area (Å²) in [4.78, 5) is 4.59. The molecule has 0 spiro atoms. The molecule has 118 valence electrons. The zero-order valence-corrected chi connectivity index (χ0v) is 13.6. The van der Waals surface area contributed by atoms with Gasteiger partial charge in [0.05, 0.1) is 19.7 Å². The second-order valence-electron chi connectivity index (χ2n) is 6.29. The molecular formula is C19H25NO2. The Kier molecular flexibility index (Phi) is 4.81. The Hall–Kier alpha value is -1.77. The highest BCUT2D eigenvalue weighted by atomic mass is 16.5. The van der Waals surface area contributed by atoms with Crippen molar-refractivity contribution in [1.82, 2.24) is 4.98 Å². The number of ether oxygens (including phenoxy) is 2. The summed E-state index contributed by atoms with van der Waals surface area (Å²) in [6.07, 6.45) is 11.5. The molecular weight excluding hydrogens is 274 g/mol. The van der Waals surface area contributed by atoms with Crippen LogP contribution < -0.4 is 9.47 Å². The van der Waals surface area contributed by atoms with Crippen molar-refractivity contribution < 1.29 is 9.47 Å². The van der Waals surface area contributed by atoms with Gasteiger partial charge in [-0.15, -0.1) is 0 Å². The van der Waals surface area contributed by atoms with Crippen molar-refractivity contribution >= 4 is 10.9 Å². The van der Waals surface area contributed by atoms with E-state index in [0.29, 0.717) is 0 Å². The quantitative estimate of drug-likeness (QED) is 0.797. The number of aryl methyl sites for hydroxylation is 1. The SMILES string of the molecule is COc1cc2cc(CCC3CCCCC3)cnc2cc1OC. The smallest absolute Gasteiger partial charge is 0.162 e. The van der Waals surface area contributed by atoms with Gasteiger partial charge in [0.15, 0.2) is 11.5 Å². The number of hydrogen-bond donors (Lipinski definition) is 0. The third kappa shape index (κ3) is 3.34. The van der Waals surface area contributed by atoms with E-state index in [1.807, 2.05) is 18.3 Å². The molecule has 0 N–H and O–H groups in total. The number of aromatic nitrogens is 1. The van der Waals surface area contributed by atoms with E-state index in [9.17, 15) is 0 Å². The van der Waals surface area contributed by atoms with Gasteiger partial charge in [-0.05, 0) is 36.5 Å². The van der Waals surface area contributed by atoms with Crippen LogP contribution in [0.4, 0.5) is 0 Å². The van der Waals surface area contributed by atoms with Crippen LogP contribution in [0.5, 0.6) is 11.5 Å². The average molecular weight is 299 g/mol. The topological polar surface area (TPSA) is 31.4 Å². The van der Waals surface area contributed by atoms with Crippen LogP contribution in [-0.4, -0.2) is 19.2 Å².